The summed E-state index contributed by atoms with van der Waals surface area (Å²) < 4.78 is 24.9. The highest BCUT2D eigenvalue weighted by Gasteiger charge is 2.12. The number of hydrogen-bond donors (Lipinski definition) is 2. The van der Waals surface area contributed by atoms with Gasteiger partial charge in [0.05, 0.1) is 12.6 Å². The molecule has 2 unspecified atom stereocenters. The molecule has 1 aromatic carbocycles. The average molecular weight is 383 g/mol. The average Bonchev–Trinajstić information content (AvgIpc) is 2.64. The SMILES string of the molecule is CCOC(CCN(C)C)CNC(=NC)NCC(CC)Oc1cccc(F)c1. The molecule has 0 aliphatic rings. The van der Waals surface area contributed by atoms with E-state index >= 15 is 0 Å². The van der Waals surface area contributed by atoms with Crippen LogP contribution in [0.2, 0.25) is 0 Å². The van der Waals surface area contributed by atoms with Crippen molar-refractivity contribution < 1.29 is 13.9 Å². The number of benzene rings is 1. The fourth-order valence-electron chi connectivity index (χ4n) is 2.53. The molecule has 0 aliphatic heterocycles. The summed E-state index contributed by atoms with van der Waals surface area (Å²) in [5.74, 6) is 0.935. The van der Waals surface area contributed by atoms with E-state index < -0.39 is 0 Å². The lowest BCUT2D eigenvalue weighted by atomic mass is 10.2. The standard InChI is InChI=1S/C20H35FN4O2/c1-6-17(27-18-10-8-9-16(21)13-18)14-23-20(22-3)24-15-19(26-7-2)11-12-25(4)5/h8-10,13,17,19H,6-7,11-12,14-15H2,1-5H3,(H2,22,23,24). The number of nitrogens with one attached hydrogen (secondary N) is 2. The lowest BCUT2D eigenvalue weighted by molar-refractivity contribution is 0.0548. The van der Waals surface area contributed by atoms with Gasteiger partial charge >= 0.3 is 0 Å². The van der Waals surface area contributed by atoms with Gasteiger partial charge in [-0.1, -0.05) is 13.0 Å². The molecule has 0 aromatic heterocycles. The third kappa shape index (κ3) is 10.2. The Morgan fingerprint density at radius 1 is 1.19 bits per heavy atom. The van der Waals surface area contributed by atoms with Gasteiger partial charge in [-0.15, -0.1) is 0 Å². The van der Waals surface area contributed by atoms with Crippen LogP contribution in [0, 0.1) is 5.82 Å². The second-order valence-corrected chi connectivity index (χ2v) is 6.61. The number of nitrogens with zero attached hydrogens (tertiary/aromatic N) is 2. The van der Waals surface area contributed by atoms with E-state index in [1.807, 2.05) is 13.8 Å². The molecule has 1 rings (SSSR count). The lowest BCUT2D eigenvalue weighted by Gasteiger charge is -2.23. The quantitative estimate of drug-likeness (QED) is 0.430. The van der Waals surface area contributed by atoms with Crippen LogP contribution in [0.3, 0.4) is 0 Å². The minimum atomic E-state index is -0.299. The predicted octanol–water partition coefficient (Wildman–Crippen LogP) is 2.50. The fourth-order valence-corrected chi connectivity index (χ4v) is 2.53. The molecule has 0 radical (unpaired) electrons. The van der Waals surface area contributed by atoms with Gasteiger partial charge in [0.1, 0.15) is 17.7 Å². The zero-order chi connectivity index (χ0) is 20.1. The van der Waals surface area contributed by atoms with E-state index in [2.05, 4.69) is 34.6 Å². The third-order valence-electron chi connectivity index (χ3n) is 4.07. The van der Waals surface area contributed by atoms with Crippen LogP contribution in [-0.4, -0.2) is 70.5 Å². The maximum Gasteiger partial charge on any atom is 0.191 e. The first-order valence-corrected chi connectivity index (χ1v) is 9.61. The molecule has 0 bridgehead atoms. The lowest BCUT2D eigenvalue weighted by Crippen LogP contribution is -2.45. The largest absolute Gasteiger partial charge is 0.489 e. The Morgan fingerprint density at radius 3 is 2.44 bits per heavy atom. The maximum atomic E-state index is 13.3. The molecule has 27 heavy (non-hydrogen) atoms. The topological polar surface area (TPSA) is 58.1 Å². The van der Waals surface area contributed by atoms with Gasteiger partial charge in [0.15, 0.2) is 5.96 Å². The van der Waals surface area contributed by atoms with E-state index in [1.165, 1.54) is 12.1 Å². The van der Waals surface area contributed by atoms with Crippen LogP contribution in [0.15, 0.2) is 29.3 Å². The molecule has 154 valence electrons. The van der Waals surface area contributed by atoms with Crippen molar-refractivity contribution >= 4 is 5.96 Å². The van der Waals surface area contributed by atoms with E-state index in [0.717, 1.165) is 19.4 Å². The first-order valence-electron chi connectivity index (χ1n) is 9.61. The predicted molar refractivity (Wildman–Crippen MR) is 109 cm³/mol. The minimum Gasteiger partial charge on any atom is -0.489 e. The smallest absolute Gasteiger partial charge is 0.191 e. The van der Waals surface area contributed by atoms with Gasteiger partial charge in [-0.3, -0.25) is 4.99 Å². The molecular weight excluding hydrogens is 347 g/mol. The molecule has 0 saturated carbocycles. The first kappa shape index (κ1) is 23.2. The number of halogens is 1. The molecule has 0 heterocycles. The van der Waals surface area contributed by atoms with E-state index in [0.29, 0.717) is 31.4 Å². The Morgan fingerprint density at radius 2 is 1.89 bits per heavy atom. The molecule has 7 heteroatoms. The Labute approximate surface area is 163 Å². The Balaban J connectivity index is 2.46. The number of hydrogen-bond acceptors (Lipinski definition) is 4. The summed E-state index contributed by atoms with van der Waals surface area (Å²) in [6.07, 6.45) is 1.79. The summed E-state index contributed by atoms with van der Waals surface area (Å²) in [6, 6.07) is 6.21. The van der Waals surface area contributed by atoms with Crippen LogP contribution in [0.5, 0.6) is 5.75 Å². The Hall–Kier alpha value is -1.86. The van der Waals surface area contributed by atoms with Crippen LogP contribution in [-0.2, 0) is 4.74 Å². The zero-order valence-electron chi connectivity index (χ0n) is 17.3. The van der Waals surface area contributed by atoms with Crippen molar-refractivity contribution in [3.63, 3.8) is 0 Å². The molecule has 6 nitrogen and oxygen atoms in total. The molecule has 1 aromatic rings. The van der Waals surface area contributed by atoms with Gasteiger partial charge in [0.2, 0.25) is 0 Å². The summed E-state index contributed by atoms with van der Waals surface area (Å²) in [5, 5.41) is 6.58. The summed E-state index contributed by atoms with van der Waals surface area (Å²) >= 11 is 0. The van der Waals surface area contributed by atoms with Crippen molar-refractivity contribution in [3.8, 4) is 5.75 Å². The fraction of sp³-hybridized carbons (Fsp3) is 0.650. The van der Waals surface area contributed by atoms with Gasteiger partial charge in [-0.2, -0.15) is 0 Å². The van der Waals surface area contributed by atoms with Gasteiger partial charge in [-0.05, 0) is 46.0 Å². The minimum absolute atomic E-state index is 0.0817. The van der Waals surface area contributed by atoms with E-state index in [-0.39, 0.29) is 18.0 Å². The van der Waals surface area contributed by atoms with Crippen molar-refractivity contribution in [2.75, 3.05) is 47.4 Å². The summed E-state index contributed by atoms with van der Waals surface area (Å²) in [6.45, 7) is 6.95. The molecule has 2 N–H and O–H groups in total. The number of rotatable bonds is 12. The van der Waals surface area contributed by atoms with Crippen molar-refractivity contribution in [1.82, 2.24) is 15.5 Å². The van der Waals surface area contributed by atoms with Gasteiger partial charge in [0.25, 0.3) is 0 Å². The number of ether oxygens (including phenoxy) is 2. The monoisotopic (exact) mass is 382 g/mol. The van der Waals surface area contributed by atoms with Crippen molar-refractivity contribution in [2.24, 2.45) is 4.99 Å². The molecule has 0 amide bonds. The maximum absolute atomic E-state index is 13.3. The summed E-state index contributed by atoms with van der Waals surface area (Å²) in [7, 11) is 5.85. The number of aliphatic imine (C=N–C) groups is 1. The second kappa shape index (κ2) is 13.3. The van der Waals surface area contributed by atoms with Crippen LogP contribution < -0.4 is 15.4 Å². The third-order valence-corrected chi connectivity index (χ3v) is 4.07. The molecule has 2 atom stereocenters. The highest BCUT2D eigenvalue weighted by atomic mass is 19.1. The van der Waals surface area contributed by atoms with Gasteiger partial charge in [0, 0.05) is 32.8 Å². The van der Waals surface area contributed by atoms with E-state index in [1.54, 1.807) is 19.2 Å². The normalized spacial score (nSPS) is 14.1. The van der Waals surface area contributed by atoms with Crippen molar-refractivity contribution in [3.05, 3.63) is 30.1 Å². The van der Waals surface area contributed by atoms with Gasteiger partial charge < -0.3 is 25.0 Å². The molecular formula is C20H35FN4O2. The highest BCUT2D eigenvalue weighted by Crippen LogP contribution is 2.14. The van der Waals surface area contributed by atoms with Crippen molar-refractivity contribution in [1.29, 1.82) is 0 Å². The van der Waals surface area contributed by atoms with Crippen LogP contribution in [0.25, 0.3) is 0 Å². The van der Waals surface area contributed by atoms with Crippen molar-refractivity contribution in [2.45, 2.75) is 38.9 Å². The Kier molecular flexibility index (Phi) is 11.4. The molecule has 0 saturated heterocycles. The number of guanidine groups is 1. The van der Waals surface area contributed by atoms with E-state index in [9.17, 15) is 4.39 Å². The van der Waals surface area contributed by atoms with Crippen LogP contribution in [0.4, 0.5) is 4.39 Å². The molecule has 0 fully saturated rings. The molecule has 0 spiro atoms. The highest BCUT2D eigenvalue weighted by molar-refractivity contribution is 5.79. The van der Waals surface area contributed by atoms with Gasteiger partial charge in [-0.25, -0.2) is 4.39 Å². The Bertz CT molecular complexity index is 555. The molecule has 0 aliphatic carbocycles. The summed E-state index contributed by atoms with van der Waals surface area (Å²) in [4.78, 5) is 6.40. The zero-order valence-corrected chi connectivity index (χ0v) is 17.3. The summed E-state index contributed by atoms with van der Waals surface area (Å²) in [5.41, 5.74) is 0. The first-order chi connectivity index (χ1) is 13.0. The van der Waals surface area contributed by atoms with E-state index in [4.69, 9.17) is 9.47 Å². The second-order valence-electron chi connectivity index (χ2n) is 6.61. The van der Waals surface area contributed by atoms with Crippen LogP contribution >= 0.6 is 0 Å². The van der Waals surface area contributed by atoms with Crippen LogP contribution in [0.1, 0.15) is 26.7 Å².